The molecule has 0 saturated heterocycles. The fourth-order valence-corrected chi connectivity index (χ4v) is 2.91. The second kappa shape index (κ2) is 7.87. The van der Waals surface area contributed by atoms with Crippen molar-refractivity contribution in [1.29, 1.82) is 0 Å². The minimum atomic E-state index is -0.905. The van der Waals surface area contributed by atoms with Crippen molar-refractivity contribution in [2.24, 2.45) is 5.73 Å². The summed E-state index contributed by atoms with van der Waals surface area (Å²) >= 11 is 5.10. The van der Waals surface area contributed by atoms with Crippen LogP contribution in [0.15, 0.2) is 27.8 Å². The van der Waals surface area contributed by atoms with Gasteiger partial charge in [-0.2, -0.15) is 0 Å². The summed E-state index contributed by atoms with van der Waals surface area (Å²) in [5, 5.41) is 0.956. The van der Waals surface area contributed by atoms with E-state index < -0.39 is 5.54 Å². The second-order valence-electron chi connectivity index (χ2n) is 4.38. The fourth-order valence-electron chi connectivity index (χ4n) is 1.48. The van der Waals surface area contributed by atoms with Crippen molar-refractivity contribution in [3.8, 4) is 0 Å². The number of halogens is 1. The number of ether oxygens (including phenoxy) is 1. The molecular formula is C13H19BrN2O2S. The topological polar surface area (TPSA) is 65.2 Å². The van der Waals surface area contributed by atoms with Gasteiger partial charge in [-0.25, -0.2) is 4.98 Å². The van der Waals surface area contributed by atoms with Crippen LogP contribution in [0, 0.1) is 0 Å². The summed E-state index contributed by atoms with van der Waals surface area (Å²) in [4.78, 5) is 15.9. The van der Waals surface area contributed by atoms with Crippen LogP contribution in [0.1, 0.15) is 26.7 Å². The van der Waals surface area contributed by atoms with Crippen LogP contribution in [0.5, 0.6) is 0 Å². The zero-order chi connectivity index (χ0) is 14.3. The Morgan fingerprint density at radius 2 is 2.37 bits per heavy atom. The molecule has 19 heavy (non-hydrogen) atoms. The molecule has 106 valence electrons. The molecule has 1 aromatic heterocycles. The smallest absolute Gasteiger partial charge is 0.325 e. The first-order valence-corrected chi connectivity index (χ1v) is 7.94. The van der Waals surface area contributed by atoms with E-state index in [1.807, 2.05) is 12.1 Å². The predicted octanol–water partition coefficient (Wildman–Crippen LogP) is 3.00. The van der Waals surface area contributed by atoms with Gasteiger partial charge in [-0.1, -0.05) is 0 Å². The number of carbonyl (C=O) groups is 1. The van der Waals surface area contributed by atoms with Crippen molar-refractivity contribution < 1.29 is 9.53 Å². The van der Waals surface area contributed by atoms with Crippen LogP contribution in [-0.4, -0.2) is 28.9 Å². The molecule has 1 rings (SSSR count). The molecule has 4 nitrogen and oxygen atoms in total. The van der Waals surface area contributed by atoms with E-state index in [4.69, 9.17) is 10.5 Å². The lowest BCUT2D eigenvalue weighted by Crippen LogP contribution is -2.46. The normalized spacial score (nSPS) is 13.9. The molecule has 0 bridgehead atoms. The molecule has 1 aromatic rings. The van der Waals surface area contributed by atoms with Crippen molar-refractivity contribution in [3.05, 3.63) is 22.8 Å². The summed E-state index contributed by atoms with van der Waals surface area (Å²) in [6, 6.07) is 3.84. The van der Waals surface area contributed by atoms with E-state index >= 15 is 0 Å². The largest absolute Gasteiger partial charge is 0.465 e. The zero-order valence-electron chi connectivity index (χ0n) is 11.2. The SMILES string of the molecule is CCOC(=O)C(C)(N)CCCSc1ncccc1Br. The maximum absolute atomic E-state index is 11.6. The number of aromatic nitrogens is 1. The van der Waals surface area contributed by atoms with Gasteiger partial charge in [0, 0.05) is 10.7 Å². The minimum absolute atomic E-state index is 0.334. The van der Waals surface area contributed by atoms with Crippen molar-refractivity contribution in [1.82, 2.24) is 4.98 Å². The van der Waals surface area contributed by atoms with E-state index in [9.17, 15) is 4.79 Å². The van der Waals surface area contributed by atoms with E-state index in [1.165, 1.54) is 0 Å². The van der Waals surface area contributed by atoms with Crippen LogP contribution in [-0.2, 0) is 9.53 Å². The van der Waals surface area contributed by atoms with Gasteiger partial charge in [0.2, 0.25) is 0 Å². The molecule has 0 aliphatic heterocycles. The summed E-state index contributed by atoms with van der Waals surface area (Å²) in [6.07, 6.45) is 3.20. The Hall–Kier alpha value is -0.590. The molecule has 0 aliphatic rings. The van der Waals surface area contributed by atoms with Crippen LogP contribution >= 0.6 is 27.7 Å². The van der Waals surface area contributed by atoms with Crippen molar-refractivity contribution in [3.63, 3.8) is 0 Å². The van der Waals surface area contributed by atoms with Gasteiger partial charge in [0.1, 0.15) is 10.6 Å². The Kier molecular flexibility index (Phi) is 6.82. The predicted molar refractivity (Wildman–Crippen MR) is 81.1 cm³/mol. The van der Waals surface area contributed by atoms with Gasteiger partial charge >= 0.3 is 5.97 Å². The van der Waals surface area contributed by atoms with Crippen molar-refractivity contribution >= 4 is 33.7 Å². The highest BCUT2D eigenvalue weighted by atomic mass is 79.9. The monoisotopic (exact) mass is 346 g/mol. The Morgan fingerprint density at radius 1 is 1.63 bits per heavy atom. The molecule has 6 heteroatoms. The first-order chi connectivity index (χ1) is 8.97. The Bertz CT molecular complexity index is 427. The Labute approximate surface area is 126 Å². The number of rotatable bonds is 7. The fraction of sp³-hybridized carbons (Fsp3) is 0.538. The van der Waals surface area contributed by atoms with Gasteiger partial charge in [-0.15, -0.1) is 11.8 Å². The molecule has 1 atom stereocenters. The average Bonchev–Trinajstić information content (AvgIpc) is 2.37. The van der Waals surface area contributed by atoms with E-state index in [0.29, 0.717) is 13.0 Å². The van der Waals surface area contributed by atoms with E-state index in [-0.39, 0.29) is 5.97 Å². The van der Waals surface area contributed by atoms with Crippen LogP contribution in [0.3, 0.4) is 0 Å². The average molecular weight is 347 g/mol. The summed E-state index contributed by atoms with van der Waals surface area (Å²) in [5.41, 5.74) is 5.04. The van der Waals surface area contributed by atoms with Gasteiger partial charge in [-0.3, -0.25) is 4.79 Å². The van der Waals surface area contributed by atoms with Gasteiger partial charge in [0.05, 0.1) is 6.61 Å². The molecule has 0 fully saturated rings. The highest BCUT2D eigenvalue weighted by molar-refractivity contribution is 9.10. The third-order valence-corrected chi connectivity index (χ3v) is 4.54. The molecule has 0 aliphatic carbocycles. The summed E-state index contributed by atoms with van der Waals surface area (Å²) in [6.45, 7) is 3.86. The maximum atomic E-state index is 11.6. The van der Waals surface area contributed by atoms with Crippen LogP contribution in [0.4, 0.5) is 0 Å². The number of pyridine rings is 1. The standard InChI is InChI=1S/C13H19BrN2O2S/c1-3-18-12(17)13(2,15)7-5-9-19-11-10(14)6-4-8-16-11/h4,6,8H,3,5,7,9,15H2,1-2H3. The molecule has 1 unspecified atom stereocenters. The molecule has 0 radical (unpaired) electrons. The van der Waals surface area contributed by atoms with Crippen molar-refractivity contribution in [2.75, 3.05) is 12.4 Å². The Balaban J connectivity index is 2.35. The van der Waals surface area contributed by atoms with E-state index in [0.717, 1.165) is 21.7 Å². The van der Waals surface area contributed by atoms with Gasteiger partial charge < -0.3 is 10.5 Å². The lowest BCUT2D eigenvalue weighted by molar-refractivity contribution is -0.149. The van der Waals surface area contributed by atoms with Crippen LogP contribution in [0.2, 0.25) is 0 Å². The highest BCUT2D eigenvalue weighted by Crippen LogP contribution is 2.26. The van der Waals surface area contributed by atoms with Crippen LogP contribution < -0.4 is 5.73 Å². The number of esters is 1. The molecule has 1 heterocycles. The minimum Gasteiger partial charge on any atom is -0.465 e. The lowest BCUT2D eigenvalue weighted by atomic mass is 9.98. The molecule has 0 aromatic carbocycles. The van der Waals surface area contributed by atoms with Gasteiger partial charge in [0.25, 0.3) is 0 Å². The Morgan fingerprint density at radius 3 is 3.00 bits per heavy atom. The summed E-state index contributed by atoms with van der Waals surface area (Å²) in [7, 11) is 0. The van der Waals surface area contributed by atoms with Gasteiger partial charge in [0.15, 0.2) is 0 Å². The lowest BCUT2D eigenvalue weighted by Gasteiger charge is -2.21. The molecular weight excluding hydrogens is 328 g/mol. The molecule has 0 amide bonds. The third kappa shape index (κ3) is 5.50. The number of nitrogens with two attached hydrogens (primary N) is 1. The van der Waals surface area contributed by atoms with E-state index in [2.05, 4.69) is 20.9 Å². The summed E-state index contributed by atoms with van der Waals surface area (Å²) < 4.78 is 5.94. The summed E-state index contributed by atoms with van der Waals surface area (Å²) in [5.74, 6) is 0.529. The number of hydrogen-bond donors (Lipinski definition) is 1. The number of nitrogens with zero attached hydrogens (tertiary/aromatic N) is 1. The number of carbonyl (C=O) groups excluding carboxylic acids is 1. The highest BCUT2D eigenvalue weighted by Gasteiger charge is 2.29. The van der Waals surface area contributed by atoms with Gasteiger partial charge in [-0.05, 0) is 60.5 Å². The molecule has 2 N–H and O–H groups in total. The molecule has 0 saturated carbocycles. The maximum Gasteiger partial charge on any atom is 0.325 e. The van der Waals surface area contributed by atoms with Crippen molar-refractivity contribution in [2.45, 2.75) is 37.3 Å². The number of thioether (sulfide) groups is 1. The van der Waals surface area contributed by atoms with Crippen LogP contribution in [0.25, 0.3) is 0 Å². The first-order valence-electron chi connectivity index (χ1n) is 6.17. The third-order valence-electron chi connectivity index (χ3n) is 2.55. The quantitative estimate of drug-likeness (QED) is 0.467. The van der Waals surface area contributed by atoms with E-state index in [1.54, 1.807) is 31.8 Å². The zero-order valence-corrected chi connectivity index (χ0v) is 13.6. The first kappa shape index (κ1) is 16.5. The number of hydrogen-bond acceptors (Lipinski definition) is 5. The molecule has 0 spiro atoms. The second-order valence-corrected chi connectivity index (χ2v) is 6.32.